The van der Waals surface area contributed by atoms with E-state index in [1.807, 2.05) is 0 Å². The van der Waals surface area contributed by atoms with Crippen molar-refractivity contribution in [3.63, 3.8) is 0 Å². The first kappa shape index (κ1) is 32.0. The van der Waals surface area contributed by atoms with Crippen LogP contribution >= 0.6 is 0 Å². The minimum atomic E-state index is 1.10. The molecule has 11 aromatic rings. The number of fused-ring (bicyclic) bond motifs is 8. The van der Waals surface area contributed by atoms with E-state index < -0.39 is 0 Å². The predicted octanol–water partition coefficient (Wildman–Crippen LogP) is 15.0. The van der Waals surface area contributed by atoms with Gasteiger partial charge in [0.2, 0.25) is 0 Å². The SMILES string of the molecule is c1ccc(-c2cccc(N(c3ccc(-c4ccc5c(ccc6ccc7ccccc7c65)c4)cc3)c3ccc4c(c3)c3ccccc3n4-c3ccccc3)c2)cc1. The van der Waals surface area contributed by atoms with Crippen LogP contribution < -0.4 is 4.90 Å². The highest BCUT2D eigenvalue weighted by atomic mass is 15.1. The molecule has 0 saturated heterocycles. The molecular weight excluding hydrogens is 677 g/mol. The number of aromatic nitrogens is 1. The zero-order chi connectivity index (χ0) is 37.0. The van der Waals surface area contributed by atoms with E-state index in [2.05, 4.69) is 228 Å². The molecule has 2 nitrogen and oxygen atoms in total. The second-order valence-electron chi connectivity index (χ2n) is 14.6. The molecule has 0 aliphatic heterocycles. The molecule has 0 aliphatic carbocycles. The summed E-state index contributed by atoms with van der Waals surface area (Å²) in [6.45, 7) is 0. The van der Waals surface area contributed by atoms with Crippen LogP contribution in [0.25, 0.3) is 82.1 Å². The lowest BCUT2D eigenvalue weighted by Gasteiger charge is -2.26. The Bertz CT molecular complexity index is 3230. The van der Waals surface area contributed by atoms with Crippen LogP contribution in [0.3, 0.4) is 0 Å². The van der Waals surface area contributed by atoms with Crippen molar-refractivity contribution in [2.75, 3.05) is 4.90 Å². The summed E-state index contributed by atoms with van der Waals surface area (Å²) in [6, 6.07) is 79.5. The van der Waals surface area contributed by atoms with Crippen molar-refractivity contribution in [1.82, 2.24) is 4.57 Å². The van der Waals surface area contributed by atoms with Crippen LogP contribution in [0.2, 0.25) is 0 Å². The monoisotopic (exact) mass is 712 g/mol. The molecule has 0 unspecified atom stereocenters. The number of nitrogens with zero attached hydrogens (tertiary/aromatic N) is 2. The van der Waals surface area contributed by atoms with Crippen molar-refractivity contribution >= 4 is 71.2 Å². The molecule has 1 aromatic heterocycles. The first-order valence-electron chi connectivity index (χ1n) is 19.3. The van der Waals surface area contributed by atoms with Crippen molar-refractivity contribution < 1.29 is 0 Å². The Hall–Kier alpha value is -7.42. The van der Waals surface area contributed by atoms with Gasteiger partial charge in [0.1, 0.15) is 0 Å². The Morgan fingerprint density at radius 3 is 1.70 bits per heavy atom. The van der Waals surface area contributed by atoms with Gasteiger partial charge in [-0.3, -0.25) is 0 Å². The summed E-state index contributed by atoms with van der Waals surface area (Å²) in [5.74, 6) is 0. The molecule has 0 atom stereocenters. The molecule has 0 N–H and O–H groups in total. The lowest BCUT2D eigenvalue weighted by atomic mass is 9.94. The first-order chi connectivity index (χ1) is 27.8. The van der Waals surface area contributed by atoms with Crippen LogP contribution in [0, 0.1) is 0 Å². The number of para-hydroxylation sites is 2. The molecule has 0 amide bonds. The van der Waals surface area contributed by atoms with Gasteiger partial charge in [-0.25, -0.2) is 0 Å². The largest absolute Gasteiger partial charge is 0.310 e. The minimum absolute atomic E-state index is 1.10. The van der Waals surface area contributed by atoms with Gasteiger partial charge in [-0.2, -0.15) is 0 Å². The van der Waals surface area contributed by atoms with E-state index in [0.29, 0.717) is 0 Å². The molecule has 0 aliphatic rings. The Morgan fingerprint density at radius 1 is 0.286 bits per heavy atom. The topological polar surface area (TPSA) is 8.17 Å². The summed E-state index contributed by atoms with van der Waals surface area (Å²) in [4.78, 5) is 2.39. The van der Waals surface area contributed by atoms with Gasteiger partial charge in [-0.05, 0) is 121 Å². The summed E-state index contributed by atoms with van der Waals surface area (Å²) >= 11 is 0. The second-order valence-corrected chi connectivity index (χ2v) is 14.6. The maximum atomic E-state index is 2.39. The number of benzene rings is 10. The van der Waals surface area contributed by atoms with Gasteiger partial charge in [-0.15, -0.1) is 0 Å². The highest BCUT2D eigenvalue weighted by Crippen LogP contribution is 2.42. The van der Waals surface area contributed by atoms with E-state index in [4.69, 9.17) is 0 Å². The third-order valence-corrected chi connectivity index (χ3v) is 11.3. The summed E-state index contributed by atoms with van der Waals surface area (Å²) in [5, 5.41) is 10.1. The van der Waals surface area contributed by atoms with E-state index in [0.717, 1.165) is 22.7 Å². The van der Waals surface area contributed by atoms with Gasteiger partial charge in [-0.1, -0.05) is 152 Å². The number of hydrogen-bond acceptors (Lipinski definition) is 1. The van der Waals surface area contributed by atoms with Crippen LogP contribution in [-0.2, 0) is 0 Å². The zero-order valence-corrected chi connectivity index (χ0v) is 30.7. The van der Waals surface area contributed by atoms with Crippen LogP contribution in [0.15, 0.2) is 218 Å². The minimum Gasteiger partial charge on any atom is -0.310 e. The van der Waals surface area contributed by atoms with E-state index in [1.165, 1.54) is 76.4 Å². The van der Waals surface area contributed by atoms with Crippen LogP contribution in [0.4, 0.5) is 17.1 Å². The zero-order valence-electron chi connectivity index (χ0n) is 30.7. The van der Waals surface area contributed by atoms with Crippen molar-refractivity contribution in [2.45, 2.75) is 0 Å². The summed E-state index contributed by atoms with van der Waals surface area (Å²) in [6.07, 6.45) is 0. The van der Waals surface area contributed by atoms with Gasteiger partial charge < -0.3 is 9.47 Å². The molecule has 0 bridgehead atoms. The molecule has 262 valence electrons. The Morgan fingerprint density at radius 2 is 0.857 bits per heavy atom. The quantitative estimate of drug-likeness (QED) is 0.156. The summed E-state index contributed by atoms with van der Waals surface area (Å²) < 4.78 is 2.37. The van der Waals surface area contributed by atoms with E-state index >= 15 is 0 Å². The molecule has 0 spiro atoms. The molecule has 0 saturated carbocycles. The van der Waals surface area contributed by atoms with Crippen molar-refractivity contribution in [3.05, 3.63) is 218 Å². The highest BCUT2D eigenvalue weighted by Gasteiger charge is 2.18. The Kier molecular flexibility index (Phi) is 7.53. The fraction of sp³-hybridized carbons (Fsp3) is 0. The summed E-state index contributed by atoms with van der Waals surface area (Å²) in [5.41, 5.74) is 11.6. The molecule has 56 heavy (non-hydrogen) atoms. The van der Waals surface area contributed by atoms with Gasteiger partial charge in [0.25, 0.3) is 0 Å². The van der Waals surface area contributed by atoms with E-state index in [-0.39, 0.29) is 0 Å². The smallest absolute Gasteiger partial charge is 0.0542 e. The van der Waals surface area contributed by atoms with Gasteiger partial charge >= 0.3 is 0 Å². The maximum absolute atomic E-state index is 2.39. The van der Waals surface area contributed by atoms with E-state index in [9.17, 15) is 0 Å². The van der Waals surface area contributed by atoms with Crippen molar-refractivity contribution in [2.24, 2.45) is 0 Å². The molecule has 0 radical (unpaired) electrons. The van der Waals surface area contributed by atoms with Crippen LogP contribution in [-0.4, -0.2) is 4.57 Å². The third-order valence-electron chi connectivity index (χ3n) is 11.3. The predicted molar refractivity (Wildman–Crippen MR) is 239 cm³/mol. The summed E-state index contributed by atoms with van der Waals surface area (Å²) in [7, 11) is 0. The molecule has 1 heterocycles. The number of rotatable bonds is 6. The number of anilines is 3. The average Bonchev–Trinajstić information content (AvgIpc) is 3.61. The second kappa shape index (κ2) is 13.2. The normalized spacial score (nSPS) is 11.6. The van der Waals surface area contributed by atoms with Crippen LogP contribution in [0.5, 0.6) is 0 Å². The fourth-order valence-corrected chi connectivity index (χ4v) is 8.68. The third kappa shape index (κ3) is 5.34. The van der Waals surface area contributed by atoms with Gasteiger partial charge in [0, 0.05) is 33.5 Å². The molecule has 0 fully saturated rings. The standard InChI is InChI=1S/C54H36N2/c1-3-12-37(13-4-1)41-15-11-18-46(35-41)55(47-31-33-53-51(36-47)50-20-9-10-21-52(50)56(53)44-16-5-2-6-17-44)45-29-26-38(27-30-45)42-28-32-49-43(34-42)25-24-40-23-22-39-14-7-8-19-48(39)54(40)49/h1-36H. The highest BCUT2D eigenvalue weighted by molar-refractivity contribution is 6.20. The number of hydrogen-bond donors (Lipinski definition) is 0. The van der Waals surface area contributed by atoms with Crippen LogP contribution in [0.1, 0.15) is 0 Å². The molecule has 10 aromatic carbocycles. The average molecular weight is 713 g/mol. The fourth-order valence-electron chi connectivity index (χ4n) is 8.68. The van der Waals surface area contributed by atoms with Crippen molar-refractivity contribution in [1.29, 1.82) is 0 Å². The molecule has 2 heteroatoms. The van der Waals surface area contributed by atoms with Gasteiger partial charge in [0.05, 0.1) is 11.0 Å². The molecule has 11 rings (SSSR count). The lowest BCUT2D eigenvalue weighted by Crippen LogP contribution is -2.10. The van der Waals surface area contributed by atoms with Crippen molar-refractivity contribution in [3.8, 4) is 27.9 Å². The maximum Gasteiger partial charge on any atom is 0.0542 e. The Labute approximate surface area is 325 Å². The van der Waals surface area contributed by atoms with E-state index in [1.54, 1.807) is 0 Å². The first-order valence-corrected chi connectivity index (χ1v) is 19.3. The Balaban J connectivity index is 1.05. The molecular formula is C54H36N2. The lowest BCUT2D eigenvalue weighted by molar-refractivity contribution is 1.18. The van der Waals surface area contributed by atoms with Gasteiger partial charge in [0.15, 0.2) is 0 Å².